The first-order valence-electron chi connectivity index (χ1n) is 12.4. The first-order valence-corrected chi connectivity index (χ1v) is 12.4. The number of para-hydroxylation sites is 3. The van der Waals surface area contributed by atoms with E-state index in [1.54, 1.807) is 12.1 Å². The zero-order valence-electron chi connectivity index (χ0n) is 20.3. The number of morpholine rings is 1. The van der Waals surface area contributed by atoms with Gasteiger partial charge in [-0.3, -0.25) is 9.69 Å². The minimum absolute atomic E-state index is 0.0540. The molecule has 3 aromatic rings. The van der Waals surface area contributed by atoms with Crippen LogP contribution >= 0.6 is 0 Å². The van der Waals surface area contributed by atoms with Gasteiger partial charge in [-0.15, -0.1) is 0 Å². The molecule has 0 unspecified atom stereocenters. The van der Waals surface area contributed by atoms with Gasteiger partial charge in [0.2, 0.25) is 0 Å². The molecule has 1 aromatic heterocycles. The number of fused-ring (bicyclic) bond motifs is 1. The molecule has 0 amide bonds. The Hall–Kier alpha value is -3.23. The molecule has 0 radical (unpaired) electrons. The van der Waals surface area contributed by atoms with E-state index in [9.17, 15) is 4.79 Å². The quantitative estimate of drug-likeness (QED) is 0.488. The van der Waals surface area contributed by atoms with Crippen molar-refractivity contribution >= 4 is 22.5 Å². The van der Waals surface area contributed by atoms with E-state index in [0.717, 1.165) is 44.2 Å². The third-order valence-electron chi connectivity index (χ3n) is 6.57. The van der Waals surface area contributed by atoms with Crippen LogP contribution in [0, 0.1) is 0 Å². The van der Waals surface area contributed by atoms with Gasteiger partial charge in [-0.05, 0) is 31.2 Å². The third-order valence-corrected chi connectivity index (χ3v) is 6.57. The lowest BCUT2D eigenvalue weighted by atomic mass is 10.2. The molecule has 0 atom stereocenters. The molecule has 5 rings (SSSR count). The van der Waals surface area contributed by atoms with Crippen molar-refractivity contribution in [1.82, 2.24) is 4.90 Å². The van der Waals surface area contributed by atoms with E-state index < -0.39 is 0 Å². The Morgan fingerprint density at radius 2 is 1.63 bits per heavy atom. The highest BCUT2D eigenvalue weighted by Crippen LogP contribution is 2.30. The summed E-state index contributed by atoms with van der Waals surface area (Å²) in [7, 11) is 0. The van der Waals surface area contributed by atoms with Crippen LogP contribution in [-0.2, 0) is 4.74 Å². The van der Waals surface area contributed by atoms with Crippen LogP contribution in [0.5, 0.6) is 11.5 Å². The van der Waals surface area contributed by atoms with Crippen molar-refractivity contribution in [3.63, 3.8) is 0 Å². The molecule has 2 aliphatic rings. The zero-order valence-corrected chi connectivity index (χ0v) is 20.3. The summed E-state index contributed by atoms with van der Waals surface area (Å²) < 4.78 is 23.5. The Morgan fingerprint density at radius 1 is 0.857 bits per heavy atom. The molecule has 0 saturated carbocycles. The van der Waals surface area contributed by atoms with Gasteiger partial charge in [0.15, 0.2) is 22.6 Å². The largest absolute Gasteiger partial charge is 0.492 e. The summed E-state index contributed by atoms with van der Waals surface area (Å²) in [6.07, 6.45) is 0. The summed E-state index contributed by atoms with van der Waals surface area (Å²) in [5, 5.41) is 0.543. The van der Waals surface area contributed by atoms with E-state index in [1.165, 1.54) is 0 Å². The number of nitrogens with zero attached hydrogens (tertiary/aromatic N) is 3. The third kappa shape index (κ3) is 5.39. The number of rotatable bonds is 8. The predicted molar refractivity (Wildman–Crippen MR) is 137 cm³/mol. The zero-order chi connectivity index (χ0) is 24.0. The fourth-order valence-corrected chi connectivity index (χ4v) is 4.69. The second kappa shape index (κ2) is 11.0. The number of anilines is 2. The highest BCUT2D eigenvalue weighted by atomic mass is 16.5. The van der Waals surface area contributed by atoms with E-state index in [-0.39, 0.29) is 5.43 Å². The summed E-state index contributed by atoms with van der Waals surface area (Å²) in [5.41, 5.74) is 1.62. The van der Waals surface area contributed by atoms with Gasteiger partial charge in [0.1, 0.15) is 12.4 Å². The molecule has 2 aromatic carbocycles. The van der Waals surface area contributed by atoms with Crippen LogP contribution in [0.4, 0.5) is 11.6 Å². The molecule has 8 nitrogen and oxygen atoms in total. The van der Waals surface area contributed by atoms with Gasteiger partial charge in [-0.1, -0.05) is 18.2 Å². The lowest BCUT2D eigenvalue weighted by Crippen LogP contribution is -2.47. The molecular formula is C27H33N3O5. The van der Waals surface area contributed by atoms with Crippen molar-refractivity contribution in [2.45, 2.75) is 6.92 Å². The van der Waals surface area contributed by atoms with Crippen LogP contribution in [0.2, 0.25) is 0 Å². The van der Waals surface area contributed by atoms with Crippen LogP contribution in [0.1, 0.15) is 6.92 Å². The maximum atomic E-state index is 12.7. The van der Waals surface area contributed by atoms with E-state index >= 15 is 0 Å². The van der Waals surface area contributed by atoms with Crippen LogP contribution in [0.3, 0.4) is 0 Å². The van der Waals surface area contributed by atoms with Crippen molar-refractivity contribution < 1.29 is 18.6 Å². The van der Waals surface area contributed by atoms with E-state index in [2.05, 4.69) is 21.9 Å². The van der Waals surface area contributed by atoms with Gasteiger partial charge in [-0.25, -0.2) is 0 Å². The van der Waals surface area contributed by atoms with Crippen LogP contribution in [-0.4, -0.2) is 77.1 Å². The molecule has 2 saturated heterocycles. The molecule has 2 aliphatic heterocycles. The van der Waals surface area contributed by atoms with E-state index in [4.69, 9.17) is 18.6 Å². The molecule has 3 heterocycles. The molecule has 35 heavy (non-hydrogen) atoms. The van der Waals surface area contributed by atoms with E-state index in [1.807, 2.05) is 36.1 Å². The first-order chi connectivity index (χ1) is 17.2. The van der Waals surface area contributed by atoms with E-state index in [0.29, 0.717) is 62.1 Å². The van der Waals surface area contributed by atoms with Crippen LogP contribution < -0.4 is 24.7 Å². The van der Waals surface area contributed by atoms with Crippen molar-refractivity contribution in [1.29, 1.82) is 0 Å². The summed E-state index contributed by atoms with van der Waals surface area (Å²) in [6.45, 7) is 10.5. The number of ether oxygens (including phenoxy) is 3. The van der Waals surface area contributed by atoms with Gasteiger partial charge in [-0.2, -0.15) is 0 Å². The Bertz CT molecular complexity index is 1180. The molecular weight excluding hydrogens is 446 g/mol. The Labute approximate surface area is 205 Å². The summed E-state index contributed by atoms with van der Waals surface area (Å²) in [4.78, 5) is 19.6. The van der Waals surface area contributed by atoms with Crippen molar-refractivity contribution in [2.75, 3.05) is 82.0 Å². The van der Waals surface area contributed by atoms with Gasteiger partial charge in [0.25, 0.3) is 0 Å². The monoisotopic (exact) mass is 479 g/mol. The maximum Gasteiger partial charge on any atom is 0.200 e. The minimum Gasteiger partial charge on any atom is -0.492 e. The normalized spacial score (nSPS) is 17.1. The maximum absolute atomic E-state index is 12.7. The highest BCUT2D eigenvalue weighted by Gasteiger charge is 2.20. The number of hydrogen-bond acceptors (Lipinski definition) is 8. The van der Waals surface area contributed by atoms with Gasteiger partial charge < -0.3 is 28.4 Å². The summed E-state index contributed by atoms with van der Waals surface area (Å²) in [5.74, 6) is 2.13. The second-order valence-corrected chi connectivity index (χ2v) is 8.76. The van der Waals surface area contributed by atoms with Gasteiger partial charge >= 0.3 is 0 Å². The standard InChI is InChI=1S/C27H33N3O5/c1-2-33-24-8-4-3-7-22(24)29-12-10-28(11-13-29)14-19-34-25-9-5-6-21-23(31)20-26(35-27(21)25)30-15-17-32-18-16-30/h3-9,20H,2,10-19H2,1H3. The Balaban J connectivity index is 1.20. The SMILES string of the molecule is CCOc1ccccc1N1CCN(CCOc2cccc3c(=O)cc(N4CCOCC4)oc23)CC1. The molecule has 0 aliphatic carbocycles. The molecule has 0 bridgehead atoms. The summed E-state index contributed by atoms with van der Waals surface area (Å²) in [6, 6.07) is 15.3. The highest BCUT2D eigenvalue weighted by molar-refractivity contribution is 5.83. The Kier molecular flexibility index (Phi) is 7.39. The summed E-state index contributed by atoms with van der Waals surface area (Å²) >= 11 is 0. The first kappa shape index (κ1) is 23.5. The second-order valence-electron chi connectivity index (χ2n) is 8.76. The van der Waals surface area contributed by atoms with Crippen LogP contribution in [0.25, 0.3) is 11.0 Å². The number of benzene rings is 2. The number of hydrogen-bond donors (Lipinski definition) is 0. The molecule has 0 spiro atoms. The Morgan fingerprint density at radius 3 is 2.43 bits per heavy atom. The van der Waals surface area contributed by atoms with Crippen molar-refractivity contribution in [2.24, 2.45) is 0 Å². The van der Waals surface area contributed by atoms with Gasteiger partial charge in [0, 0.05) is 51.9 Å². The van der Waals surface area contributed by atoms with Crippen molar-refractivity contribution in [3.05, 3.63) is 58.8 Å². The lowest BCUT2D eigenvalue weighted by molar-refractivity contribution is 0.120. The predicted octanol–water partition coefficient (Wildman–Crippen LogP) is 3.23. The van der Waals surface area contributed by atoms with Crippen molar-refractivity contribution in [3.8, 4) is 11.5 Å². The lowest BCUT2D eigenvalue weighted by Gasteiger charge is -2.36. The minimum atomic E-state index is -0.0540. The fourth-order valence-electron chi connectivity index (χ4n) is 4.69. The molecule has 2 fully saturated rings. The average molecular weight is 480 g/mol. The topological polar surface area (TPSA) is 67.6 Å². The average Bonchev–Trinajstić information content (AvgIpc) is 2.90. The smallest absolute Gasteiger partial charge is 0.200 e. The van der Waals surface area contributed by atoms with Crippen LogP contribution in [0.15, 0.2) is 57.7 Å². The molecule has 0 N–H and O–H groups in total. The van der Waals surface area contributed by atoms with Gasteiger partial charge in [0.05, 0.1) is 30.9 Å². The number of piperazine rings is 1. The molecule has 8 heteroatoms. The molecule has 186 valence electrons. The fraction of sp³-hybridized carbons (Fsp3) is 0.444.